The van der Waals surface area contributed by atoms with Crippen LogP contribution in [-0.2, 0) is 22.6 Å². The fourth-order valence-electron chi connectivity index (χ4n) is 6.61. The zero-order valence-electron chi connectivity index (χ0n) is 24.2. The Balaban J connectivity index is 1.46. The summed E-state index contributed by atoms with van der Waals surface area (Å²) in [5, 5.41) is -0.102. The van der Waals surface area contributed by atoms with Crippen LogP contribution in [-0.4, -0.2) is 34.7 Å². The molecule has 2 heterocycles. The zero-order chi connectivity index (χ0) is 29.6. The van der Waals surface area contributed by atoms with E-state index in [4.69, 9.17) is 4.74 Å². The Morgan fingerprint density at radius 3 is 1.81 bits per heavy atom. The normalized spacial score (nSPS) is 18.0. The first-order chi connectivity index (χ1) is 20.1. The van der Waals surface area contributed by atoms with Crippen LogP contribution in [0.25, 0.3) is 0 Å². The Labute approximate surface area is 256 Å². The van der Waals surface area contributed by atoms with E-state index in [1.165, 1.54) is 0 Å². The van der Waals surface area contributed by atoms with Crippen LogP contribution in [0, 0.1) is 0 Å². The molecule has 6 rings (SSSR count). The summed E-state index contributed by atoms with van der Waals surface area (Å²) in [6, 6.07) is 37.5. The molecule has 0 aromatic heterocycles. The van der Waals surface area contributed by atoms with Crippen molar-refractivity contribution in [1.82, 2.24) is 4.90 Å². The molecule has 7 heteroatoms. The summed E-state index contributed by atoms with van der Waals surface area (Å²) in [7, 11) is 0. The topological polar surface area (TPSA) is 49.9 Å². The number of rotatable bonds is 5. The average molecular weight is 644 g/mol. The van der Waals surface area contributed by atoms with Gasteiger partial charge in [-0.05, 0) is 0 Å². The van der Waals surface area contributed by atoms with Crippen LogP contribution in [0.2, 0.25) is 0 Å². The Morgan fingerprint density at radius 2 is 1.31 bits per heavy atom. The van der Waals surface area contributed by atoms with Crippen LogP contribution in [0.15, 0.2) is 109 Å². The molecule has 1 saturated heterocycles. The third-order valence-corrected chi connectivity index (χ3v) is 19.2. The first-order valence-corrected chi connectivity index (χ1v) is 18.7. The van der Waals surface area contributed by atoms with Gasteiger partial charge in [0.2, 0.25) is 0 Å². The van der Waals surface area contributed by atoms with Gasteiger partial charge < -0.3 is 0 Å². The van der Waals surface area contributed by atoms with Crippen molar-refractivity contribution < 1.29 is 14.3 Å². The maximum atomic E-state index is 14.9. The maximum absolute atomic E-state index is 14.9. The van der Waals surface area contributed by atoms with Gasteiger partial charge in [-0.1, -0.05) is 0 Å². The number of nitrogens with zero attached hydrogens (tertiary/aromatic N) is 2. The van der Waals surface area contributed by atoms with Gasteiger partial charge in [-0.3, -0.25) is 0 Å². The van der Waals surface area contributed by atoms with Crippen molar-refractivity contribution in [3.8, 4) is 0 Å². The summed E-state index contributed by atoms with van der Waals surface area (Å²) in [6.07, 6.45) is 0.359. The van der Waals surface area contributed by atoms with Crippen molar-refractivity contribution in [2.75, 3.05) is 11.4 Å². The van der Waals surface area contributed by atoms with Crippen molar-refractivity contribution in [3.63, 3.8) is 0 Å². The van der Waals surface area contributed by atoms with Crippen molar-refractivity contribution in [2.45, 2.75) is 51.5 Å². The van der Waals surface area contributed by atoms with Gasteiger partial charge in [0.15, 0.2) is 0 Å². The molecule has 0 N–H and O–H groups in total. The summed E-state index contributed by atoms with van der Waals surface area (Å²) in [5.74, 6) is 0.102. The Kier molecular flexibility index (Phi) is 7.27. The van der Waals surface area contributed by atoms with E-state index in [-0.39, 0.29) is 17.7 Å². The van der Waals surface area contributed by atoms with Crippen LogP contribution in [0.1, 0.15) is 38.3 Å². The zero-order valence-corrected chi connectivity index (χ0v) is 26.7. The van der Waals surface area contributed by atoms with E-state index in [1.54, 1.807) is 4.90 Å². The SMILES string of the molecule is CC(C)(C)OC(=O)N1Cc2cccc(N3CCC(P(Br)(c4ccccc4)(c4ccccc4)c4ccccc4)C3=O)c2C1. The number of halogens is 1. The van der Waals surface area contributed by atoms with Gasteiger partial charge in [0, 0.05) is 0 Å². The molecule has 0 radical (unpaired) electrons. The Morgan fingerprint density at radius 1 is 0.786 bits per heavy atom. The van der Waals surface area contributed by atoms with Crippen molar-refractivity contribution in [2.24, 2.45) is 0 Å². The number of carbonyl (C=O) groups is 2. The van der Waals surface area contributed by atoms with Crippen LogP contribution >= 0.6 is 20.8 Å². The van der Waals surface area contributed by atoms with E-state index >= 15 is 0 Å². The van der Waals surface area contributed by atoms with Gasteiger partial charge in [0.25, 0.3) is 0 Å². The van der Waals surface area contributed by atoms with Crippen LogP contribution in [0.4, 0.5) is 10.5 Å². The molecule has 1 fully saturated rings. The number of carbonyl (C=O) groups excluding carboxylic acids is 2. The monoisotopic (exact) mass is 642 g/mol. The third-order valence-electron chi connectivity index (χ3n) is 8.45. The Bertz CT molecular complexity index is 1520. The Hall–Kier alpha value is -3.47. The number of hydrogen-bond donors (Lipinski definition) is 0. The molecule has 42 heavy (non-hydrogen) atoms. The molecule has 0 spiro atoms. The quantitative estimate of drug-likeness (QED) is 0.223. The molecule has 2 aliphatic rings. The first-order valence-electron chi connectivity index (χ1n) is 14.4. The molecule has 4 aromatic carbocycles. The molecule has 1 atom stereocenters. The summed E-state index contributed by atoms with van der Waals surface area (Å²) >= 11 is 4.52. The average Bonchev–Trinajstić information content (AvgIpc) is 3.62. The summed E-state index contributed by atoms with van der Waals surface area (Å²) in [6.45, 7) is 7.12. The van der Waals surface area contributed by atoms with Gasteiger partial charge in [0.1, 0.15) is 0 Å². The number of fused-ring (bicyclic) bond motifs is 1. The summed E-state index contributed by atoms with van der Waals surface area (Å²) in [5.41, 5.74) is 2.07. The second-order valence-electron chi connectivity index (χ2n) is 12.1. The van der Waals surface area contributed by atoms with Gasteiger partial charge >= 0.3 is 257 Å². The van der Waals surface area contributed by atoms with E-state index in [0.717, 1.165) is 32.7 Å². The molecular formula is C35H36BrN2O3P. The van der Waals surface area contributed by atoms with Crippen molar-refractivity contribution >= 4 is 54.4 Å². The molecule has 0 aliphatic carbocycles. The summed E-state index contributed by atoms with van der Waals surface area (Å²) in [4.78, 5) is 31.5. The number of amides is 2. The fraction of sp³-hybridized carbons (Fsp3) is 0.257. The van der Waals surface area contributed by atoms with Gasteiger partial charge in [-0.2, -0.15) is 0 Å². The summed E-state index contributed by atoms with van der Waals surface area (Å²) < 4.78 is 5.67. The van der Waals surface area contributed by atoms with E-state index in [2.05, 4.69) is 88.3 Å². The molecule has 0 saturated carbocycles. The second kappa shape index (κ2) is 10.7. The van der Waals surface area contributed by atoms with E-state index < -0.39 is 10.9 Å². The standard InChI is InChI=1S/C35H36BrN2O3P/c1-35(2,3)41-34(40)37-24-26-14-13-21-31(30(26)25-37)38-23-22-32(33(38)39)42(36,27-15-7-4-8-16-27,28-17-9-5-10-18-28)29-19-11-6-12-20-29/h4-21,32H,22-25H2,1-3H3. The minimum atomic E-state index is -3.51. The molecule has 216 valence electrons. The second-order valence-corrected chi connectivity index (χ2v) is 20.9. The number of ether oxygens (including phenoxy) is 1. The molecule has 2 amide bonds. The van der Waals surface area contributed by atoms with Crippen LogP contribution in [0.3, 0.4) is 0 Å². The van der Waals surface area contributed by atoms with Gasteiger partial charge in [-0.25, -0.2) is 0 Å². The van der Waals surface area contributed by atoms with E-state index in [1.807, 2.05) is 62.1 Å². The molecule has 0 bridgehead atoms. The van der Waals surface area contributed by atoms with Crippen molar-refractivity contribution in [1.29, 1.82) is 0 Å². The number of benzene rings is 4. The molecule has 4 aromatic rings. The molecule has 2 aliphatic heterocycles. The van der Waals surface area contributed by atoms with Crippen LogP contribution < -0.4 is 20.8 Å². The molecule has 5 nitrogen and oxygen atoms in total. The minimum absolute atomic E-state index is 0.102. The van der Waals surface area contributed by atoms with Gasteiger partial charge in [0.05, 0.1) is 0 Å². The fourth-order valence-corrected chi connectivity index (χ4v) is 15.3. The predicted molar refractivity (Wildman–Crippen MR) is 177 cm³/mol. The van der Waals surface area contributed by atoms with Gasteiger partial charge in [-0.15, -0.1) is 0 Å². The third kappa shape index (κ3) is 4.56. The van der Waals surface area contributed by atoms with Crippen LogP contribution in [0.5, 0.6) is 0 Å². The molecule has 1 unspecified atom stereocenters. The predicted octanol–water partition coefficient (Wildman–Crippen LogP) is 6.88. The molecular weight excluding hydrogens is 607 g/mol. The van der Waals surface area contributed by atoms with E-state index in [0.29, 0.717) is 26.1 Å². The van der Waals surface area contributed by atoms with E-state index in [9.17, 15) is 9.59 Å². The first kappa shape index (κ1) is 28.6. The van der Waals surface area contributed by atoms with Crippen molar-refractivity contribution in [3.05, 3.63) is 120 Å². The number of hydrogen-bond acceptors (Lipinski definition) is 3. The number of anilines is 1.